The normalized spacial score (nSPS) is 20.6. The van der Waals surface area contributed by atoms with Gasteiger partial charge in [0.1, 0.15) is 5.75 Å². The van der Waals surface area contributed by atoms with Gasteiger partial charge in [-0.25, -0.2) is 0 Å². The second-order valence-corrected chi connectivity index (χ2v) is 5.31. The molecule has 4 heteroatoms. The van der Waals surface area contributed by atoms with Crippen LogP contribution in [-0.4, -0.2) is 53.5 Å². The molecule has 0 bridgehead atoms. The van der Waals surface area contributed by atoms with Crippen LogP contribution in [0.5, 0.6) is 5.75 Å². The van der Waals surface area contributed by atoms with Crippen LogP contribution in [-0.2, 0) is 0 Å². The van der Waals surface area contributed by atoms with Crippen molar-refractivity contribution >= 4 is 5.91 Å². The number of rotatable bonds is 2. The molecule has 104 valence electrons. The van der Waals surface area contributed by atoms with Crippen LogP contribution >= 0.6 is 0 Å². The molecule has 1 aromatic rings. The Morgan fingerprint density at radius 1 is 1.42 bits per heavy atom. The third-order valence-electron chi connectivity index (χ3n) is 3.92. The third kappa shape index (κ3) is 2.89. The number of benzene rings is 1. The number of hydrogen-bond donors (Lipinski definition) is 1. The number of likely N-dealkylation sites (N-methyl/N-ethyl adjacent to an activating group) is 1. The molecule has 1 N–H and O–H groups in total. The minimum absolute atomic E-state index is 0.0623. The Balaban J connectivity index is 2.18. The molecule has 1 aromatic carbocycles. The summed E-state index contributed by atoms with van der Waals surface area (Å²) in [6.45, 7) is 6.41. The van der Waals surface area contributed by atoms with E-state index in [1.54, 1.807) is 12.1 Å². The molecular weight excluding hydrogens is 240 g/mol. The summed E-state index contributed by atoms with van der Waals surface area (Å²) in [5.41, 5.74) is 1.40. The van der Waals surface area contributed by atoms with E-state index in [0.717, 1.165) is 31.6 Å². The van der Waals surface area contributed by atoms with Crippen molar-refractivity contribution in [3.8, 4) is 5.75 Å². The predicted octanol–water partition coefficient (Wildman–Crippen LogP) is 1.87. The Labute approximate surface area is 114 Å². The van der Waals surface area contributed by atoms with Gasteiger partial charge in [-0.2, -0.15) is 0 Å². The van der Waals surface area contributed by atoms with Crippen LogP contribution in [0.4, 0.5) is 0 Å². The second kappa shape index (κ2) is 5.61. The van der Waals surface area contributed by atoms with Crippen LogP contribution in [0.3, 0.4) is 0 Å². The number of amides is 1. The first-order chi connectivity index (χ1) is 9.02. The van der Waals surface area contributed by atoms with Crippen molar-refractivity contribution in [2.24, 2.45) is 0 Å². The van der Waals surface area contributed by atoms with E-state index in [1.807, 2.05) is 17.9 Å². The van der Waals surface area contributed by atoms with Gasteiger partial charge in [0, 0.05) is 25.7 Å². The molecule has 19 heavy (non-hydrogen) atoms. The maximum absolute atomic E-state index is 12.5. The molecule has 4 nitrogen and oxygen atoms in total. The molecule has 1 heterocycles. The number of aromatic hydroxyl groups is 1. The Bertz CT molecular complexity index is 473. The highest BCUT2D eigenvalue weighted by atomic mass is 16.3. The Hall–Kier alpha value is -1.55. The largest absolute Gasteiger partial charge is 0.507 e. The standard InChI is InChI=1S/C15H22N2O2/c1-4-12-10-17(8-7-16(12)3)15(19)13-9-11(2)5-6-14(13)18/h5-6,9,12,18H,4,7-8,10H2,1-3H3. The zero-order valence-electron chi connectivity index (χ0n) is 11.9. The molecule has 2 rings (SSSR count). The quantitative estimate of drug-likeness (QED) is 0.885. The molecule has 1 unspecified atom stereocenters. The van der Waals surface area contributed by atoms with Crippen molar-refractivity contribution < 1.29 is 9.90 Å². The molecule has 0 aromatic heterocycles. The fourth-order valence-electron chi connectivity index (χ4n) is 2.56. The van der Waals surface area contributed by atoms with Gasteiger partial charge in [0.05, 0.1) is 5.56 Å². The Kier molecular flexibility index (Phi) is 4.10. The number of carbonyl (C=O) groups excluding carboxylic acids is 1. The molecule has 1 fully saturated rings. The third-order valence-corrected chi connectivity index (χ3v) is 3.92. The first-order valence-electron chi connectivity index (χ1n) is 6.82. The number of nitrogens with zero attached hydrogens (tertiary/aromatic N) is 2. The van der Waals surface area contributed by atoms with Gasteiger partial charge in [-0.15, -0.1) is 0 Å². The molecule has 0 radical (unpaired) electrons. The van der Waals surface area contributed by atoms with E-state index in [2.05, 4.69) is 18.9 Å². The maximum atomic E-state index is 12.5. The second-order valence-electron chi connectivity index (χ2n) is 5.31. The number of hydrogen-bond acceptors (Lipinski definition) is 3. The van der Waals surface area contributed by atoms with E-state index in [-0.39, 0.29) is 11.7 Å². The van der Waals surface area contributed by atoms with Gasteiger partial charge < -0.3 is 10.0 Å². The average molecular weight is 262 g/mol. The molecule has 0 saturated carbocycles. The van der Waals surface area contributed by atoms with Gasteiger partial charge in [-0.1, -0.05) is 18.6 Å². The van der Waals surface area contributed by atoms with E-state index < -0.39 is 0 Å². The highest BCUT2D eigenvalue weighted by Gasteiger charge is 2.27. The Morgan fingerprint density at radius 2 is 2.16 bits per heavy atom. The molecule has 1 amide bonds. The van der Waals surface area contributed by atoms with E-state index in [4.69, 9.17) is 0 Å². The first-order valence-corrected chi connectivity index (χ1v) is 6.82. The molecule has 1 atom stereocenters. The number of phenolic OH excluding ortho intramolecular Hbond substituents is 1. The van der Waals surface area contributed by atoms with Gasteiger partial charge >= 0.3 is 0 Å². The van der Waals surface area contributed by atoms with E-state index in [0.29, 0.717) is 11.6 Å². The smallest absolute Gasteiger partial charge is 0.257 e. The first kappa shape index (κ1) is 13.9. The van der Waals surface area contributed by atoms with Crippen LogP contribution in [0.15, 0.2) is 18.2 Å². The summed E-state index contributed by atoms with van der Waals surface area (Å²) in [6, 6.07) is 5.57. The highest BCUT2D eigenvalue weighted by molar-refractivity contribution is 5.97. The van der Waals surface area contributed by atoms with Crippen molar-refractivity contribution in [1.82, 2.24) is 9.80 Å². The van der Waals surface area contributed by atoms with Crippen molar-refractivity contribution in [2.45, 2.75) is 26.3 Å². The van der Waals surface area contributed by atoms with Crippen molar-refractivity contribution in [2.75, 3.05) is 26.7 Å². The van der Waals surface area contributed by atoms with Crippen LogP contribution in [0.1, 0.15) is 29.3 Å². The summed E-state index contributed by atoms with van der Waals surface area (Å²) in [6.07, 6.45) is 1.03. The van der Waals surface area contributed by atoms with Gasteiger partial charge in [0.25, 0.3) is 5.91 Å². The molecule has 1 aliphatic rings. The minimum atomic E-state index is -0.0623. The number of aryl methyl sites for hydroxylation is 1. The molecule has 1 saturated heterocycles. The fraction of sp³-hybridized carbons (Fsp3) is 0.533. The van der Waals surface area contributed by atoms with Crippen LogP contribution in [0.25, 0.3) is 0 Å². The number of carbonyl (C=O) groups is 1. The van der Waals surface area contributed by atoms with Crippen molar-refractivity contribution in [3.05, 3.63) is 29.3 Å². The maximum Gasteiger partial charge on any atom is 0.257 e. The number of piperazine rings is 1. The van der Waals surface area contributed by atoms with Gasteiger partial charge in [0.2, 0.25) is 0 Å². The zero-order valence-corrected chi connectivity index (χ0v) is 11.9. The van der Waals surface area contributed by atoms with Crippen molar-refractivity contribution in [1.29, 1.82) is 0 Å². The highest BCUT2D eigenvalue weighted by Crippen LogP contribution is 2.22. The van der Waals surface area contributed by atoms with Crippen LogP contribution < -0.4 is 0 Å². The molecule has 0 spiro atoms. The topological polar surface area (TPSA) is 43.8 Å². The molecule has 1 aliphatic heterocycles. The van der Waals surface area contributed by atoms with E-state index >= 15 is 0 Å². The monoisotopic (exact) mass is 262 g/mol. The van der Waals surface area contributed by atoms with E-state index in [1.165, 1.54) is 0 Å². The van der Waals surface area contributed by atoms with E-state index in [9.17, 15) is 9.90 Å². The number of phenols is 1. The van der Waals surface area contributed by atoms with Crippen LogP contribution in [0.2, 0.25) is 0 Å². The summed E-state index contributed by atoms with van der Waals surface area (Å²) in [5.74, 6) is 0.00956. The lowest BCUT2D eigenvalue weighted by Gasteiger charge is -2.39. The zero-order chi connectivity index (χ0) is 14.0. The average Bonchev–Trinajstić information content (AvgIpc) is 2.41. The minimum Gasteiger partial charge on any atom is -0.507 e. The van der Waals surface area contributed by atoms with Crippen molar-refractivity contribution in [3.63, 3.8) is 0 Å². The summed E-state index contributed by atoms with van der Waals surface area (Å²) < 4.78 is 0. The van der Waals surface area contributed by atoms with Crippen LogP contribution in [0, 0.1) is 6.92 Å². The molecule has 0 aliphatic carbocycles. The fourth-order valence-corrected chi connectivity index (χ4v) is 2.56. The molecular formula is C15H22N2O2. The summed E-state index contributed by atoms with van der Waals surface area (Å²) in [5, 5.41) is 9.85. The Morgan fingerprint density at radius 3 is 2.84 bits per heavy atom. The lowest BCUT2D eigenvalue weighted by Crippen LogP contribution is -2.52. The lowest BCUT2D eigenvalue weighted by molar-refractivity contribution is 0.0539. The summed E-state index contributed by atoms with van der Waals surface area (Å²) in [7, 11) is 2.10. The lowest BCUT2D eigenvalue weighted by atomic mass is 10.1. The van der Waals surface area contributed by atoms with Gasteiger partial charge in [-0.3, -0.25) is 9.69 Å². The predicted molar refractivity (Wildman–Crippen MR) is 75.5 cm³/mol. The van der Waals surface area contributed by atoms with Gasteiger partial charge in [0.15, 0.2) is 0 Å². The summed E-state index contributed by atoms with van der Waals surface area (Å²) >= 11 is 0. The van der Waals surface area contributed by atoms with Gasteiger partial charge in [-0.05, 0) is 32.5 Å². The summed E-state index contributed by atoms with van der Waals surface area (Å²) in [4.78, 5) is 16.6. The SMILES string of the molecule is CCC1CN(C(=O)c2cc(C)ccc2O)CCN1C.